The van der Waals surface area contributed by atoms with E-state index in [0.29, 0.717) is 0 Å². The van der Waals surface area contributed by atoms with Gasteiger partial charge >= 0.3 is 12.1 Å². The lowest BCUT2D eigenvalue weighted by atomic mass is 9.77. The maximum atomic E-state index is 13.0. The number of amides is 1. The minimum atomic E-state index is -1.16. The number of alkyl carbamates (subject to hydrolysis) is 1. The highest BCUT2D eigenvalue weighted by atomic mass is 16.5. The van der Waals surface area contributed by atoms with Gasteiger partial charge in [-0.3, -0.25) is 5.32 Å². The number of aliphatic carboxylic acids is 1. The molecule has 5 aromatic carbocycles. The molecule has 1 aliphatic carbocycles. The number of ether oxygens (including phenoxy) is 2. The van der Waals surface area contributed by atoms with Gasteiger partial charge < -0.3 is 19.9 Å². The van der Waals surface area contributed by atoms with Gasteiger partial charge in [0.15, 0.2) is 0 Å². The van der Waals surface area contributed by atoms with Crippen LogP contribution >= 0.6 is 0 Å². The average molecular weight is 613 g/mol. The van der Waals surface area contributed by atoms with E-state index in [9.17, 15) is 14.7 Å². The lowest BCUT2D eigenvalue weighted by Gasteiger charge is -2.37. The smallest absolute Gasteiger partial charge is 0.407 e. The Morgan fingerprint density at radius 3 is 1.74 bits per heavy atom. The zero-order valence-electron chi connectivity index (χ0n) is 25.6. The van der Waals surface area contributed by atoms with Gasteiger partial charge in [-0.25, -0.2) is 9.59 Å². The van der Waals surface area contributed by atoms with Crippen LogP contribution in [0.15, 0.2) is 133 Å². The number of methoxy groups -OCH3 is 1. The third-order valence-corrected chi connectivity index (χ3v) is 8.69. The first-order chi connectivity index (χ1) is 22.5. The molecule has 1 atom stereocenters. The summed E-state index contributed by atoms with van der Waals surface area (Å²) in [5.74, 6) is -0.522. The van der Waals surface area contributed by atoms with Crippen LogP contribution in [0.25, 0.3) is 11.1 Å². The van der Waals surface area contributed by atoms with Crippen LogP contribution in [0.1, 0.15) is 40.2 Å². The zero-order valence-corrected chi connectivity index (χ0v) is 25.6. The fourth-order valence-corrected chi connectivity index (χ4v) is 6.47. The molecule has 7 nitrogen and oxygen atoms in total. The Morgan fingerprint density at radius 2 is 1.22 bits per heavy atom. The molecule has 0 saturated carbocycles. The van der Waals surface area contributed by atoms with E-state index in [1.54, 1.807) is 7.11 Å². The SMILES string of the molecule is COc1ccc(C(NCC[C@H](NC(=O)OCC2c3ccccc3-c3ccccc32)C(=O)O)(c2ccccc2)c2ccccc2)cc1. The minimum Gasteiger partial charge on any atom is -0.497 e. The molecule has 0 bridgehead atoms. The number of nitrogens with one attached hydrogen (secondary N) is 2. The number of carboxylic acid groups (broad SMARTS) is 1. The Balaban J connectivity index is 1.19. The van der Waals surface area contributed by atoms with Gasteiger partial charge in [-0.15, -0.1) is 0 Å². The van der Waals surface area contributed by atoms with E-state index < -0.39 is 23.6 Å². The van der Waals surface area contributed by atoms with E-state index in [-0.39, 0.29) is 25.5 Å². The lowest BCUT2D eigenvalue weighted by molar-refractivity contribution is -0.139. The van der Waals surface area contributed by atoms with Crippen LogP contribution in [0.2, 0.25) is 0 Å². The van der Waals surface area contributed by atoms with Crippen LogP contribution < -0.4 is 15.4 Å². The van der Waals surface area contributed by atoms with Gasteiger partial charge in [-0.1, -0.05) is 121 Å². The summed E-state index contributed by atoms with van der Waals surface area (Å²) >= 11 is 0. The van der Waals surface area contributed by atoms with Gasteiger partial charge in [-0.05, 0) is 64.0 Å². The zero-order chi connectivity index (χ0) is 31.9. The molecule has 5 aromatic rings. The maximum absolute atomic E-state index is 13.0. The second-order valence-corrected chi connectivity index (χ2v) is 11.3. The largest absolute Gasteiger partial charge is 0.497 e. The molecular weight excluding hydrogens is 576 g/mol. The quantitative estimate of drug-likeness (QED) is 0.132. The van der Waals surface area contributed by atoms with Crippen LogP contribution in [0.4, 0.5) is 4.79 Å². The summed E-state index contributed by atoms with van der Waals surface area (Å²) in [4.78, 5) is 25.3. The molecule has 6 rings (SSSR count). The molecule has 1 amide bonds. The lowest BCUT2D eigenvalue weighted by Crippen LogP contribution is -2.48. The van der Waals surface area contributed by atoms with Gasteiger partial charge in [0.25, 0.3) is 0 Å². The van der Waals surface area contributed by atoms with E-state index in [1.807, 2.05) is 121 Å². The second kappa shape index (κ2) is 13.7. The van der Waals surface area contributed by atoms with E-state index in [4.69, 9.17) is 9.47 Å². The van der Waals surface area contributed by atoms with E-state index in [0.717, 1.165) is 44.7 Å². The maximum Gasteiger partial charge on any atom is 0.407 e. The molecular formula is C39H36N2O5. The molecule has 7 heteroatoms. The Bertz CT molecular complexity index is 1710. The predicted molar refractivity (Wildman–Crippen MR) is 178 cm³/mol. The van der Waals surface area contributed by atoms with Crippen LogP contribution in [0, 0.1) is 0 Å². The van der Waals surface area contributed by atoms with Gasteiger partial charge in [0.2, 0.25) is 0 Å². The Hall–Kier alpha value is -5.40. The van der Waals surface area contributed by atoms with Gasteiger partial charge in [0.05, 0.1) is 12.6 Å². The van der Waals surface area contributed by atoms with Crippen LogP contribution in [-0.4, -0.2) is 43.5 Å². The fraction of sp³-hybridized carbons (Fsp3) is 0.179. The normalized spacial score (nSPS) is 12.9. The molecule has 0 fully saturated rings. The summed E-state index contributed by atoms with van der Waals surface area (Å²) in [5.41, 5.74) is 6.56. The first kappa shape index (κ1) is 30.6. The molecule has 3 N–H and O–H groups in total. The third kappa shape index (κ3) is 6.10. The summed E-state index contributed by atoms with van der Waals surface area (Å²) in [7, 11) is 1.63. The monoisotopic (exact) mass is 612 g/mol. The number of carboxylic acids is 1. The van der Waals surface area contributed by atoms with Gasteiger partial charge in [-0.2, -0.15) is 0 Å². The number of carbonyl (C=O) groups excluding carboxylic acids is 1. The highest BCUT2D eigenvalue weighted by Crippen LogP contribution is 2.44. The van der Waals surface area contributed by atoms with Crippen molar-refractivity contribution in [2.24, 2.45) is 0 Å². The highest BCUT2D eigenvalue weighted by molar-refractivity contribution is 5.81. The van der Waals surface area contributed by atoms with Crippen LogP contribution in [0.5, 0.6) is 5.75 Å². The second-order valence-electron chi connectivity index (χ2n) is 11.3. The van der Waals surface area contributed by atoms with Crippen molar-refractivity contribution in [2.45, 2.75) is 23.9 Å². The van der Waals surface area contributed by atoms with Crippen molar-refractivity contribution in [1.82, 2.24) is 10.6 Å². The number of hydrogen-bond donors (Lipinski definition) is 3. The standard InChI is InChI=1S/C39H36N2O5/c1-45-30-22-20-29(21-23-30)39(27-12-4-2-5-13-27,28-14-6-3-7-15-28)40-25-24-36(37(42)43)41-38(44)46-26-35-33-18-10-8-16-31(33)32-17-9-11-19-34(32)35/h2-23,35-36,40H,24-26H2,1H3,(H,41,44)(H,42,43)/t36-/m0/s1. The summed E-state index contributed by atoms with van der Waals surface area (Å²) in [6.45, 7) is 0.378. The van der Waals surface area contributed by atoms with Crippen LogP contribution in [-0.2, 0) is 15.1 Å². The van der Waals surface area contributed by atoms with Crippen molar-refractivity contribution >= 4 is 12.1 Å². The third-order valence-electron chi connectivity index (χ3n) is 8.69. The number of benzene rings is 5. The molecule has 0 radical (unpaired) electrons. The van der Waals surface area contributed by atoms with Crippen molar-refractivity contribution in [2.75, 3.05) is 20.3 Å². The van der Waals surface area contributed by atoms with Gasteiger partial charge in [0, 0.05) is 5.92 Å². The first-order valence-corrected chi connectivity index (χ1v) is 15.4. The summed E-state index contributed by atoms with van der Waals surface area (Å²) in [6, 6.07) is 42.9. The highest BCUT2D eigenvalue weighted by Gasteiger charge is 2.36. The summed E-state index contributed by atoms with van der Waals surface area (Å²) < 4.78 is 11.1. The number of rotatable bonds is 12. The van der Waals surface area contributed by atoms with E-state index >= 15 is 0 Å². The molecule has 0 unspecified atom stereocenters. The molecule has 232 valence electrons. The van der Waals surface area contributed by atoms with Crippen molar-refractivity contribution in [1.29, 1.82) is 0 Å². The first-order valence-electron chi connectivity index (χ1n) is 15.4. The molecule has 0 aromatic heterocycles. The molecule has 1 aliphatic rings. The Labute approximate surface area is 268 Å². The number of hydrogen-bond acceptors (Lipinski definition) is 5. The van der Waals surface area contributed by atoms with Crippen molar-refractivity contribution < 1.29 is 24.2 Å². The van der Waals surface area contributed by atoms with Crippen LogP contribution in [0.3, 0.4) is 0 Å². The molecule has 0 heterocycles. The summed E-state index contributed by atoms with van der Waals surface area (Å²) in [5, 5.41) is 16.4. The van der Waals surface area contributed by atoms with E-state index in [2.05, 4.69) is 22.8 Å². The summed E-state index contributed by atoms with van der Waals surface area (Å²) in [6.07, 6.45) is -0.640. The predicted octanol–water partition coefficient (Wildman–Crippen LogP) is 6.96. The average Bonchev–Trinajstić information content (AvgIpc) is 3.43. The topological polar surface area (TPSA) is 96.9 Å². The van der Waals surface area contributed by atoms with Gasteiger partial charge in [0.1, 0.15) is 18.4 Å². The minimum absolute atomic E-state index is 0.104. The molecule has 0 spiro atoms. The Morgan fingerprint density at radius 1 is 0.717 bits per heavy atom. The molecule has 0 saturated heterocycles. The van der Waals surface area contributed by atoms with E-state index in [1.165, 1.54) is 0 Å². The van der Waals surface area contributed by atoms with Crippen molar-refractivity contribution in [3.8, 4) is 16.9 Å². The van der Waals surface area contributed by atoms with Crippen molar-refractivity contribution in [3.63, 3.8) is 0 Å². The number of carbonyl (C=O) groups is 2. The fourth-order valence-electron chi connectivity index (χ4n) is 6.47. The number of fused-ring (bicyclic) bond motifs is 3. The molecule has 46 heavy (non-hydrogen) atoms. The molecule has 0 aliphatic heterocycles. The Kier molecular flexibility index (Phi) is 9.13. The van der Waals surface area contributed by atoms with Crippen molar-refractivity contribution in [3.05, 3.63) is 161 Å².